The van der Waals surface area contributed by atoms with Gasteiger partial charge in [-0.3, -0.25) is 4.90 Å². The van der Waals surface area contributed by atoms with Crippen molar-refractivity contribution in [2.75, 3.05) is 25.9 Å². The van der Waals surface area contributed by atoms with Gasteiger partial charge in [0.15, 0.2) is 0 Å². The standard InChI is InChI=1S/C13H22N2O3S/c1-19(16,17)14-8-10-15-9-4-2-3-6-12(15)13-7-5-11-18-13/h5,7,11-12,14H,2-4,6,8-10H2,1H3. The highest BCUT2D eigenvalue weighted by Gasteiger charge is 2.24. The Morgan fingerprint density at radius 1 is 1.42 bits per heavy atom. The van der Waals surface area contributed by atoms with E-state index in [1.165, 1.54) is 19.1 Å². The molecule has 0 radical (unpaired) electrons. The second-order valence-electron chi connectivity index (χ2n) is 5.08. The van der Waals surface area contributed by atoms with Crippen LogP contribution in [0.1, 0.15) is 37.5 Å². The average molecular weight is 286 g/mol. The fourth-order valence-corrected chi connectivity index (χ4v) is 3.08. The van der Waals surface area contributed by atoms with Crippen LogP contribution in [0.2, 0.25) is 0 Å². The van der Waals surface area contributed by atoms with Crippen molar-refractivity contribution in [1.82, 2.24) is 9.62 Å². The van der Waals surface area contributed by atoms with E-state index >= 15 is 0 Å². The largest absolute Gasteiger partial charge is 0.468 e. The van der Waals surface area contributed by atoms with E-state index in [2.05, 4.69) is 9.62 Å². The summed E-state index contributed by atoms with van der Waals surface area (Å²) >= 11 is 0. The van der Waals surface area contributed by atoms with Crippen molar-refractivity contribution >= 4 is 10.0 Å². The zero-order valence-corrected chi connectivity index (χ0v) is 12.2. The van der Waals surface area contributed by atoms with E-state index in [-0.39, 0.29) is 6.04 Å². The lowest BCUT2D eigenvalue weighted by atomic mass is 10.1. The van der Waals surface area contributed by atoms with E-state index in [0.717, 1.165) is 31.7 Å². The minimum absolute atomic E-state index is 0.277. The lowest BCUT2D eigenvalue weighted by Gasteiger charge is -2.28. The predicted octanol–water partition coefficient (Wildman–Crippen LogP) is 1.75. The molecule has 2 heterocycles. The summed E-state index contributed by atoms with van der Waals surface area (Å²) in [7, 11) is -3.11. The molecule has 1 aromatic rings. The molecule has 1 aliphatic heterocycles. The molecule has 1 N–H and O–H groups in total. The maximum Gasteiger partial charge on any atom is 0.208 e. The van der Waals surface area contributed by atoms with Gasteiger partial charge in [0.05, 0.1) is 18.6 Å². The first-order chi connectivity index (χ1) is 9.06. The molecule has 1 atom stereocenters. The molecule has 5 nitrogen and oxygen atoms in total. The van der Waals surface area contributed by atoms with Gasteiger partial charge in [0.25, 0.3) is 0 Å². The highest BCUT2D eigenvalue weighted by molar-refractivity contribution is 7.88. The van der Waals surface area contributed by atoms with E-state index in [1.807, 2.05) is 12.1 Å². The number of furan rings is 1. The van der Waals surface area contributed by atoms with Gasteiger partial charge in [-0.25, -0.2) is 13.1 Å². The van der Waals surface area contributed by atoms with Crippen LogP contribution in [0.4, 0.5) is 0 Å². The Balaban J connectivity index is 1.97. The van der Waals surface area contributed by atoms with E-state index in [4.69, 9.17) is 4.42 Å². The Kier molecular flexibility index (Phi) is 5.01. The minimum atomic E-state index is -3.11. The molecule has 0 bridgehead atoms. The molecule has 0 aliphatic carbocycles. The van der Waals surface area contributed by atoms with Gasteiger partial charge < -0.3 is 4.42 Å². The molecular weight excluding hydrogens is 264 g/mol. The zero-order chi connectivity index (χ0) is 13.7. The first-order valence-corrected chi connectivity index (χ1v) is 8.67. The van der Waals surface area contributed by atoms with Crippen molar-refractivity contribution in [3.63, 3.8) is 0 Å². The number of sulfonamides is 1. The van der Waals surface area contributed by atoms with Gasteiger partial charge in [-0.2, -0.15) is 0 Å². The van der Waals surface area contributed by atoms with Gasteiger partial charge >= 0.3 is 0 Å². The van der Waals surface area contributed by atoms with Crippen molar-refractivity contribution in [3.05, 3.63) is 24.2 Å². The van der Waals surface area contributed by atoms with Crippen molar-refractivity contribution < 1.29 is 12.8 Å². The third kappa shape index (κ3) is 4.63. The molecule has 1 aliphatic rings. The first kappa shape index (κ1) is 14.6. The van der Waals surface area contributed by atoms with Crippen LogP contribution in [0.25, 0.3) is 0 Å². The number of nitrogens with zero attached hydrogens (tertiary/aromatic N) is 1. The summed E-state index contributed by atoms with van der Waals surface area (Å²) in [5.74, 6) is 0.987. The molecule has 1 unspecified atom stereocenters. The number of nitrogens with one attached hydrogen (secondary N) is 1. The van der Waals surface area contributed by atoms with Crippen molar-refractivity contribution in [1.29, 1.82) is 0 Å². The van der Waals surface area contributed by atoms with Gasteiger partial charge in [0, 0.05) is 13.1 Å². The van der Waals surface area contributed by atoms with Crippen LogP contribution in [0, 0.1) is 0 Å². The van der Waals surface area contributed by atoms with Crippen LogP contribution < -0.4 is 4.72 Å². The van der Waals surface area contributed by atoms with E-state index in [9.17, 15) is 8.42 Å². The summed E-state index contributed by atoms with van der Waals surface area (Å²) < 4.78 is 30.3. The SMILES string of the molecule is CS(=O)(=O)NCCN1CCCCCC1c1ccco1. The molecule has 0 amide bonds. The Morgan fingerprint density at radius 2 is 2.26 bits per heavy atom. The maximum absolute atomic E-state index is 11.1. The van der Waals surface area contributed by atoms with Crippen LogP contribution in [0.3, 0.4) is 0 Å². The third-order valence-corrected chi connectivity index (χ3v) is 4.23. The van der Waals surface area contributed by atoms with Crippen LogP contribution in [0.5, 0.6) is 0 Å². The first-order valence-electron chi connectivity index (χ1n) is 6.78. The van der Waals surface area contributed by atoms with Crippen LogP contribution in [0.15, 0.2) is 22.8 Å². The Labute approximate surface area is 115 Å². The molecule has 0 aromatic carbocycles. The Bertz CT molecular complexity index is 470. The van der Waals surface area contributed by atoms with E-state index in [1.54, 1.807) is 6.26 Å². The van der Waals surface area contributed by atoms with Crippen LogP contribution >= 0.6 is 0 Å². The van der Waals surface area contributed by atoms with Crippen molar-refractivity contribution in [2.24, 2.45) is 0 Å². The normalized spacial score (nSPS) is 22.3. The van der Waals surface area contributed by atoms with Gasteiger partial charge in [0.2, 0.25) is 10.0 Å². The fraction of sp³-hybridized carbons (Fsp3) is 0.692. The second kappa shape index (κ2) is 6.54. The molecule has 108 valence electrons. The van der Waals surface area contributed by atoms with Gasteiger partial charge in [-0.15, -0.1) is 0 Å². The lowest BCUT2D eigenvalue weighted by molar-refractivity contribution is 0.181. The van der Waals surface area contributed by atoms with Crippen LogP contribution in [-0.2, 0) is 10.0 Å². The molecule has 2 rings (SSSR count). The summed E-state index contributed by atoms with van der Waals surface area (Å²) in [6.45, 7) is 2.17. The average Bonchev–Trinajstić information content (AvgIpc) is 2.75. The van der Waals surface area contributed by atoms with E-state index < -0.39 is 10.0 Å². The van der Waals surface area contributed by atoms with E-state index in [0.29, 0.717) is 6.54 Å². The van der Waals surface area contributed by atoms with Crippen molar-refractivity contribution in [2.45, 2.75) is 31.7 Å². The minimum Gasteiger partial charge on any atom is -0.468 e. The summed E-state index contributed by atoms with van der Waals surface area (Å²) in [6.07, 6.45) is 7.56. The number of hydrogen-bond acceptors (Lipinski definition) is 4. The fourth-order valence-electron chi connectivity index (χ4n) is 2.61. The van der Waals surface area contributed by atoms with Gasteiger partial charge in [0.1, 0.15) is 5.76 Å². The highest BCUT2D eigenvalue weighted by Crippen LogP contribution is 2.29. The Hall–Kier alpha value is -0.850. The number of rotatable bonds is 5. The van der Waals surface area contributed by atoms with Crippen LogP contribution in [-0.4, -0.2) is 39.2 Å². The second-order valence-corrected chi connectivity index (χ2v) is 6.92. The molecule has 1 aromatic heterocycles. The quantitative estimate of drug-likeness (QED) is 0.895. The smallest absolute Gasteiger partial charge is 0.208 e. The summed E-state index contributed by atoms with van der Waals surface area (Å²) in [5, 5.41) is 0. The highest BCUT2D eigenvalue weighted by atomic mass is 32.2. The zero-order valence-electron chi connectivity index (χ0n) is 11.3. The maximum atomic E-state index is 11.1. The topological polar surface area (TPSA) is 62.6 Å². The van der Waals surface area contributed by atoms with Gasteiger partial charge in [-0.1, -0.05) is 12.8 Å². The molecule has 19 heavy (non-hydrogen) atoms. The summed E-state index contributed by atoms with van der Waals surface area (Å²) in [4.78, 5) is 2.32. The van der Waals surface area contributed by atoms with Crippen molar-refractivity contribution in [3.8, 4) is 0 Å². The number of likely N-dealkylation sites (tertiary alicyclic amines) is 1. The monoisotopic (exact) mass is 286 g/mol. The third-order valence-electron chi connectivity index (χ3n) is 3.50. The summed E-state index contributed by atoms with van der Waals surface area (Å²) in [6, 6.07) is 4.19. The Morgan fingerprint density at radius 3 is 2.95 bits per heavy atom. The van der Waals surface area contributed by atoms with Gasteiger partial charge in [-0.05, 0) is 31.5 Å². The predicted molar refractivity (Wildman–Crippen MR) is 74.3 cm³/mol. The number of hydrogen-bond donors (Lipinski definition) is 1. The molecule has 1 saturated heterocycles. The molecule has 0 spiro atoms. The molecule has 6 heteroatoms. The summed E-state index contributed by atoms with van der Waals surface area (Å²) in [5.41, 5.74) is 0. The molecule has 0 saturated carbocycles. The lowest BCUT2D eigenvalue weighted by Crippen LogP contribution is -2.36. The molecular formula is C13H22N2O3S. The molecule has 1 fully saturated rings.